The van der Waals surface area contributed by atoms with Crippen molar-refractivity contribution in [2.45, 2.75) is 38.6 Å². The molecular formula is C26H30BIO5. The first-order valence-electron chi connectivity index (χ1n) is 11.1. The van der Waals surface area contributed by atoms with Crippen LogP contribution in [-0.2, 0) is 4.65 Å². The lowest BCUT2D eigenvalue weighted by molar-refractivity contribution is 0.181. The van der Waals surface area contributed by atoms with Gasteiger partial charge < -0.3 is 24.3 Å². The lowest BCUT2D eigenvalue weighted by Crippen LogP contribution is -2.32. The average molecular weight is 560 g/mol. The van der Waals surface area contributed by atoms with Crippen LogP contribution < -0.4 is 9.47 Å². The second kappa shape index (κ2) is 12.3. The zero-order valence-corrected chi connectivity index (χ0v) is 21.2. The number of phenolic OH excluding ortho intramolecular Hbond substituents is 1. The summed E-state index contributed by atoms with van der Waals surface area (Å²) in [6.07, 6.45) is 6.74. The van der Waals surface area contributed by atoms with Crippen LogP contribution in [0.15, 0.2) is 71.8 Å². The number of phenols is 1. The Morgan fingerprint density at radius 1 is 1.30 bits per heavy atom. The van der Waals surface area contributed by atoms with Crippen molar-refractivity contribution < 1.29 is 24.3 Å². The molecule has 0 aliphatic carbocycles. The molecule has 0 fully saturated rings. The van der Waals surface area contributed by atoms with Gasteiger partial charge in [0.05, 0.1) is 16.8 Å². The van der Waals surface area contributed by atoms with E-state index in [2.05, 4.69) is 42.2 Å². The molecule has 0 saturated carbocycles. The lowest BCUT2D eigenvalue weighted by atomic mass is 9.78. The molecule has 0 saturated heterocycles. The van der Waals surface area contributed by atoms with Gasteiger partial charge in [-0.05, 0) is 82.8 Å². The molecule has 33 heavy (non-hydrogen) atoms. The molecular weight excluding hydrogens is 530 g/mol. The highest BCUT2D eigenvalue weighted by Gasteiger charge is 2.28. The summed E-state index contributed by atoms with van der Waals surface area (Å²) in [5.74, 6) is 1.41. The molecule has 1 aliphatic rings. The Kier molecular flexibility index (Phi) is 9.46. The van der Waals surface area contributed by atoms with Crippen LogP contribution in [0.1, 0.15) is 31.7 Å². The number of benzene rings is 2. The molecule has 2 N–H and O–H groups in total. The summed E-state index contributed by atoms with van der Waals surface area (Å²) in [6, 6.07) is 13.4. The fraction of sp³-hybridized carbons (Fsp3) is 0.308. The Morgan fingerprint density at radius 3 is 2.76 bits per heavy atom. The van der Waals surface area contributed by atoms with Crippen LogP contribution in [0.4, 0.5) is 0 Å². The van der Waals surface area contributed by atoms with E-state index in [-0.39, 0.29) is 11.9 Å². The van der Waals surface area contributed by atoms with E-state index in [0.29, 0.717) is 18.7 Å². The Hall–Kier alpha value is -2.23. The standard InChI is InChI=1S/C26H30BIO5/c1-4-19(14-20-15-23(28)26(29)25(16-20)31-3)10-11-24-22(12-13-27(30)33-24)18(2)17-32-21-8-6-5-7-9-21/h5-9,12,14-16,24,29-30H,2,4,10-11,13,17H2,1,3H3/b19-14+. The number of halogens is 1. The zero-order valence-electron chi connectivity index (χ0n) is 19.1. The number of hydrogen-bond acceptors (Lipinski definition) is 5. The summed E-state index contributed by atoms with van der Waals surface area (Å²) < 4.78 is 17.8. The molecule has 0 amide bonds. The molecule has 5 nitrogen and oxygen atoms in total. The van der Waals surface area contributed by atoms with Gasteiger partial charge in [0.15, 0.2) is 11.5 Å². The summed E-state index contributed by atoms with van der Waals surface area (Å²) in [4.78, 5) is 0. The van der Waals surface area contributed by atoms with Crippen LogP contribution in [0.3, 0.4) is 0 Å². The molecule has 0 aromatic heterocycles. The van der Waals surface area contributed by atoms with Gasteiger partial charge in [0.1, 0.15) is 12.4 Å². The van der Waals surface area contributed by atoms with Crippen LogP contribution >= 0.6 is 22.6 Å². The highest BCUT2D eigenvalue weighted by atomic mass is 127. The molecule has 1 atom stereocenters. The molecule has 2 aromatic rings. The van der Waals surface area contributed by atoms with E-state index < -0.39 is 7.12 Å². The molecule has 3 rings (SSSR count). The molecule has 1 unspecified atom stereocenters. The van der Waals surface area contributed by atoms with E-state index in [9.17, 15) is 10.1 Å². The maximum atomic E-state index is 10.1. The molecule has 1 aliphatic heterocycles. The first-order valence-corrected chi connectivity index (χ1v) is 12.1. The van der Waals surface area contributed by atoms with E-state index >= 15 is 0 Å². The van der Waals surface area contributed by atoms with E-state index in [1.165, 1.54) is 5.57 Å². The van der Waals surface area contributed by atoms with Crippen LogP contribution in [0.25, 0.3) is 6.08 Å². The van der Waals surface area contributed by atoms with Crippen molar-refractivity contribution in [2.24, 2.45) is 0 Å². The van der Waals surface area contributed by atoms with E-state index in [1.807, 2.05) is 48.5 Å². The minimum atomic E-state index is -0.807. The fourth-order valence-electron chi connectivity index (χ4n) is 3.78. The van der Waals surface area contributed by atoms with Crippen LogP contribution in [0.2, 0.25) is 6.32 Å². The summed E-state index contributed by atoms with van der Waals surface area (Å²) in [5, 5.41) is 20.2. The summed E-state index contributed by atoms with van der Waals surface area (Å²) in [7, 11) is 0.742. The van der Waals surface area contributed by atoms with Gasteiger partial charge in [-0.2, -0.15) is 0 Å². The van der Waals surface area contributed by atoms with Gasteiger partial charge in [0, 0.05) is 6.32 Å². The van der Waals surface area contributed by atoms with Crippen molar-refractivity contribution >= 4 is 35.8 Å². The summed E-state index contributed by atoms with van der Waals surface area (Å²) in [6.45, 7) is 6.70. The first kappa shape index (κ1) is 25.4. The molecule has 7 heteroatoms. The third-order valence-corrected chi connectivity index (χ3v) is 6.42. The second-order valence-electron chi connectivity index (χ2n) is 7.93. The number of methoxy groups -OCH3 is 1. The minimum absolute atomic E-state index is 0.156. The van der Waals surface area contributed by atoms with Crippen LogP contribution in [0, 0.1) is 3.57 Å². The third kappa shape index (κ3) is 7.13. The predicted molar refractivity (Wildman–Crippen MR) is 142 cm³/mol. The van der Waals surface area contributed by atoms with Crippen LogP contribution in [-0.4, -0.2) is 37.1 Å². The topological polar surface area (TPSA) is 68.2 Å². The molecule has 0 radical (unpaired) electrons. The number of aromatic hydroxyl groups is 1. The largest absolute Gasteiger partial charge is 0.504 e. The lowest BCUT2D eigenvalue weighted by Gasteiger charge is -2.28. The van der Waals surface area contributed by atoms with Gasteiger partial charge in [0.2, 0.25) is 0 Å². The van der Waals surface area contributed by atoms with Crippen molar-refractivity contribution in [1.82, 2.24) is 0 Å². The Morgan fingerprint density at radius 2 is 2.06 bits per heavy atom. The first-order chi connectivity index (χ1) is 15.9. The monoisotopic (exact) mass is 560 g/mol. The molecule has 0 bridgehead atoms. The second-order valence-corrected chi connectivity index (χ2v) is 9.09. The molecule has 0 spiro atoms. The Labute approximate surface area is 210 Å². The van der Waals surface area contributed by atoms with Crippen molar-refractivity contribution in [2.75, 3.05) is 13.7 Å². The quantitative estimate of drug-likeness (QED) is 0.275. The minimum Gasteiger partial charge on any atom is -0.504 e. The number of allylic oxidation sites excluding steroid dienone is 2. The highest BCUT2D eigenvalue weighted by molar-refractivity contribution is 14.1. The summed E-state index contributed by atoms with van der Waals surface area (Å²) >= 11 is 2.10. The number of ether oxygens (including phenoxy) is 2. The maximum absolute atomic E-state index is 10.1. The predicted octanol–water partition coefficient (Wildman–Crippen LogP) is 6.02. The molecule has 1 heterocycles. The van der Waals surface area contributed by atoms with Gasteiger partial charge in [0.25, 0.3) is 0 Å². The van der Waals surface area contributed by atoms with E-state index in [0.717, 1.165) is 45.3 Å². The number of para-hydroxylation sites is 1. The van der Waals surface area contributed by atoms with Crippen molar-refractivity contribution in [3.8, 4) is 17.2 Å². The van der Waals surface area contributed by atoms with Gasteiger partial charge in [-0.3, -0.25) is 0 Å². The zero-order chi connectivity index (χ0) is 23.8. The number of rotatable bonds is 10. The maximum Gasteiger partial charge on any atom is 0.458 e. The number of hydrogen-bond donors (Lipinski definition) is 2. The average Bonchev–Trinajstić information content (AvgIpc) is 2.83. The van der Waals surface area contributed by atoms with E-state index in [1.54, 1.807) is 7.11 Å². The van der Waals surface area contributed by atoms with Crippen molar-refractivity contribution in [3.05, 3.63) is 81.0 Å². The molecule has 174 valence electrons. The van der Waals surface area contributed by atoms with Gasteiger partial charge in [-0.1, -0.05) is 49.4 Å². The summed E-state index contributed by atoms with van der Waals surface area (Å²) in [5.41, 5.74) is 4.07. The van der Waals surface area contributed by atoms with Crippen molar-refractivity contribution in [3.63, 3.8) is 0 Å². The fourth-order valence-corrected chi connectivity index (χ4v) is 4.41. The van der Waals surface area contributed by atoms with Gasteiger partial charge in [-0.25, -0.2) is 0 Å². The Bertz CT molecular complexity index is 1020. The van der Waals surface area contributed by atoms with Gasteiger partial charge >= 0.3 is 7.12 Å². The van der Waals surface area contributed by atoms with E-state index in [4.69, 9.17) is 14.1 Å². The smallest absolute Gasteiger partial charge is 0.458 e. The van der Waals surface area contributed by atoms with Crippen molar-refractivity contribution in [1.29, 1.82) is 0 Å². The SMILES string of the molecule is C=C(COc1ccccc1)C1=CCB(O)OC1CC/C(=C/c1cc(I)c(O)c(OC)c1)CC. The normalized spacial score (nSPS) is 16.4. The Balaban J connectivity index is 1.68. The van der Waals surface area contributed by atoms with Crippen LogP contribution in [0.5, 0.6) is 17.2 Å². The third-order valence-electron chi connectivity index (χ3n) is 5.60. The van der Waals surface area contributed by atoms with Gasteiger partial charge in [-0.15, -0.1) is 0 Å². The highest BCUT2D eigenvalue weighted by Crippen LogP contribution is 2.34. The molecule has 2 aromatic carbocycles.